The van der Waals surface area contributed by atoms with Crippen molar-refractivity contribution in [3.63, 3.8) is 0 Å². The summed E-state index contributed by atoms with van der Waals surface area (Å²) in [4.78, 5) is 29.5. The molecule has 0 saturated carbocycles. The number of carbonyl (C=O) groups excluding carboxylic acids is 2. The molecule has 0 aliphatic carbocycles. The number of ketones is 1. The van der Waals surface area contributed by atoms with Crippen LogP contribution in [0.25, 0.3) is 0 Å². The van der Waals surface area contributed by atoms with E-state index in [-0.39, 0.29) is 24.5 Å². The van der Waals surface area contributed by atoms with E-state index in [1.807, 2.05) is 61.1 Å². The van der Waals surface area contributed by atoms with Crippen LogP contribution in [0.4, 0.5) is 0 Å². The van der Waals surface area contributed by atoms with Gasteiger partial charge in [0.15, 0.2) is 5.78 Å². The Hall–Kier alpha value is -3.41. The molecule has 0 aliphatic rings. The number of carbonyl (C=O) groups is 2. The number of nitrogens with one attached hydrogen (secondary N) is 1. The molecule has 0 fully saturated rings. The van der Waals surface area contributed by atoms with Gasteiger partial charge in [0, 0.05) is 43.4 Å². The Morgan fingerprint density at radius 1 is 1.10 bits per heavy atom. The van der Waals surface area contributed by atoms with Gasteiger partial charge in [0.1, 0.15) is 17.6 Å². The highest BCUT2D eigenvalue weighted by Gasteiger charge is 2.24. The fourth-order valence-corrected chi connectivity index (χ4v) is 3.19. The van der Waals surface area contributed by atoms with Crippen molar-refractivity contribution in [2.75, 3.05) is 7.11 Å². The van der Waals surface area contributed by atoms with Gasteiger partial charge in [-0.2, -0.15) is 0 Å². The second kappa shape index (κ2) is 9.19. The minimum absolute atomic E-state index is 0.0500. The molecule has 0 saturated heterocycles. The number of hydrogen-bond acceptors (Lipinski definition) is 4. The minimum Gasteiger partial charge on any atom is -0.496 e. The fourth-order valence-electron chi connectivity index (χ4n) is 3.19. The fraction of sp³-hybridized carbons (Fsp3) is 0.261. The monoisotopic (exact) mass is 391 g/mol. The number of aromatic nitrogens is 2. The molecule has 6 nitrogen and oxygen atoms in total. The highest BCUT2D eigenvalue weighted by Crippen LogP contribution is 2.29. The molecule has 1 atom stereocenters. The molecule has 0 spiro atoms. The predicted molar refractivity (Wildman–Crippen MR) is 111 cm³/mol. The lowest BCUT2D eigenvalue weighted by Crippen LogP contribution is -2.31. The first kappa shape index (κ1) is 20.3. The van der Waals surface area contributed by atoms with Crippen LogP contribution >= 0.6 is 0 Å². The molecule has 0 aliphatic heterocycles. The zero-order valence-corrected chi connectivity index (χ0v) is 16.9. The molecule has 1 heterocycles. The summed E-state index contributed by atoms with van der Waals surface area (Å²) in [7, 11) is 3.47. The van der Waals surface area contributed by atoms with Crippen LogP contribution in [-0.4, -0.2) is 28.4 Å². The second-order valence-corrected chi connectivity index (χ2v) is 6.93. The largest absolute Gasteiger partial charge is 0.496 e. The van der Waals surface area contributed by atoms with Crippen LogP contribution in [0.15, 0.2) is 60.9 Å². The topological polar surface area (TPSA) is 73.2 Å². The molecule has 6 heteroatoms. The number of methoxy groups -OCH3 is 1. The Labute approximate surface area is 170 Å². The van der Waals surface area contributed by atoms with Gasteiger partial charge < -0.3 is 14.6 Å². The Morgan fingerprint density at radius 3 is 2.48 bits per heavy atom. The molecular formula is C23H25N3O3. The summed E-state index contributed by atoms with van der Waals surface area (Å²) >= 11 is 0. The predicted octanol–water partition coefficient (Wildman–Crippen LogP) is 3.61. The SMILES string of the molecule is COc1ccccc1C(NC(=O)CCC(=O)c1ccc(C)cc1)c1nccn1C. The Balaban J connectivity index is 1.74. The maximum absolute atomic E-state index is 12.7. The van der Waals surface area contributed by atoms with E-state index in [1.165, 1.54) is 0 Å². The van der Waals surface area contributed by atoms with E-state index in [0.29, 0.717) is 17.1 Å². The van der Waals surface area contributed by atoms with E-state index >= 15 is 0 Å². The van der Waals surface area contributed by atoms with Crippen LogP contribution in [0.3, 0.4) is 0 Å². The van der Waals surface area contributed by atoms with Gasteiger partial charge >= 0.3 is 0 Å². The highest BCUT2D eigenvalue weighted by atomic mass is 16.5. The van der Waals surface area contributed by atoms with Crippen molar-refractivity contribution < 1.29 is 14.3 Å². The van der Waals surface area contributed by atoms with E-state index in [2.05, 4.69) is 10.3 Å². The van der Waals surface area contributed by atoms with Crippen LogP contribution in [0.2, 0.25) is 0 Å². The van der Waals surface area contributed by atoms with Crippen molar-refractivity contribution in [2.24, 2.45) is 7.05 Å². The highest BCUT2D eigenvalue weighted by molar-refractivity contribution is 5.98. The van der Waals surface area contributed by atoms with Gasteiger partial charge in [-0.05, 0) is 13.0 Å². The maximum atomic E-state index is 12.7. The number of para-hydroxylation sites is 1. The second-order valence-electron chi connectivity index (χ2n) is 6.93. The molecule has 1 N–H and O–H groups in total. The van der Waals surface area contributed by atoms with Gasteiger partial charge in [0.2, 0.25) is 5.91 Å². The Bertz CT molecular complexity index is 993. The standard InChI is InChI=1S/C23H25N3O3/c1-16-8-10-17(11-9-16)19(27)12-13-21(28)25-22(23-24-14-15-26(23)2)18-6-4-5-7-20(18)29-3/h4-11,14-15,22H,12-13H2,1-3H3,(H,25,28). The minimum atomic E-state index is -0.479. The van der Waals surface area contributed by atoms with Crippen LogP contribution in [0.1, 0.15) is 46.2 Å². The van der Waals surface area contributed by atoms with Gasteiger partial charge in [-0.3, -0.25) is 9.59 Å². The summed E-state index contributed by atoms with van der Waals surface area (Å²) in [6, 6.07) is 14.4. The summed E-state index contributed by atoms with van der Waals surface area (Å²) < 4.78 is 7.32. The van der Waals surface area contributed by atoms with E-state index in [0.717, 1.165) is 11.1 Å². The third kappa shape index (κ3) is 4.90. The van der Waals surface area contributed by atoms with Gasteiger partial charge in [-0.1, -0.05) is 48.0 Å². The Kier molecular flexibility index (Phi) is 6.44. The van der Waals surface area contributed by atoms with Gasteiger partial charge in [0.05, 0.1) is 7.11 Å². The molecule has 1 amide bonds. The molecule has 2 aromatic carbocycles. The van der Waals surface area contributed by atoms with Crippen molar-refractivity contribution in [2.45, 2.75) is 25.8 Å². The average Bonchev–Trinajstić information content (AvgIpc) is 3.16. The first-order chi connectivity index (χ1) is 14.0. The van der Waals surface area contributed by atoms with Gasteiger partial charge in [-0.25, -0.2) is 4.98 Å². The van der Waals surface area contributed by atoms with Gasteiger partial charge in [-0.15, -0.1) is 0 Å². The lowest BCUT2D eigenvalue weighted by molar-refractivity contribution is -0.121. The molecule has 3 rings (SSSR count). The number of amides is 1. The van der Waals surface area contributed by atoms with Gasteiger partial charge in [0.25, 0.3) is 0 Å². The summed E-state index contributed by atoms with van der Waals surface area (Å²) in [5, 5.41) is 3.01. The normalized spacial score (nSPS) is 11.7. The number of ether oxygens (including phenoxy) is 1. The number of nitrogens with zero attached hydrogens (tertiary/aromatic N) is 2. The molecule has 150 valence electrons. The van der Waals surface area contributed by atoms with E-state index in [1.54, 1.807) is 25.4 Å². The number of Topliss-reactive ketones (excluding diaryl/α,β-unsaturated/α-hetero) is 1. The molecule has 1 unspecified atom stereocenters. The van der Waals surface area contributed by atoms with Crippen molar-refractivity contribution in [3.8, 4) is 5.75 Å². The summed E-state index contributed by atoms with van der Waals surface area (Å²) in [5.41, 5.74) is 2.52. The van der Waals surface area contributed by atoms with Crippen molar-refractivity contribution in [1.82, 2.24) is 14.9 Å². The zero-order valence-electron chi connectivity index (χ0n) is 16.9. The van der Waals surface area contributed by atoms with E-state index in [4.69, 9.17) is 4.74 Å². The zero-order chi connectivity index (χ0) is 20.8. The molecule has 1 aromatic heterocycles. The molecule has 0 bridgehead atoms. The molecule has 29 heavy (non-hydrogen) atoms. The van der Waals surface area contributed by atoms with Crippen LogP contribution in [-0.2, 0) is 11.8 Å². The van der Waals surface area contributed by atoms with Crippen LogP contribution in [0.5, 0.6) is 5.75 Å². The van der Waals surface area contributed by atoms with Crippen molar-refractivity contribution in [3.05, 3.63) is 83.4 Å². The number of rotatable bonds is 8. The molecule has 0 radical (unpaired) electrons. The number of imidazole rings is 1. The first-order valence-electron chi connectivity index (χ1n) is 9.49. The van der Waals surface area contributed by atoms with Crippen molar-refractivity contribution >= 4 is 11.7 Å². The summed E-state index contributed by atoms with van der Waals surface area (Å²) in [6.07, 6.45) is 3.76. The molecular weight excluding hydrogens is 366 g/mol. The van der Waals surface area contributed by atoms with Crippen LogP contribution in [0, 0.1) is 6.92 Å². The summed E-state index contributed by atoms with van der Waals surface area (Å²) in [5.74, 6) is 1.08. The quantitative estimate of drug-likeness (QED) is 0.596. The smallest absolute Gasteiger partial charge is 0.221 e. The third-order valence-corrected chi connectivity index (χ3v) is 4.82. The lowest BCUT2D eigenvalue weighted by atomic mass is 10.0. The maximum Gasteiger partial charge on any atom is 0.221 e. The molecule has 3 aromatic rings. The first-order valence-corrected chi connectivity index (χ1v) is 9.49. The number of benzene rings is 2. The van der Waals surface area contributed by atoms with E-state index in [9.17, 15) is 9.59 Å². The number of aryl methyl sites for hydroxylation is 2. The van der Waals surface area contributed by atoms with E-state index < -0.39 is 6.04 Å². The average molecular weight is 391 g/mol. The van der Waals surface area contributed by atoms with Crippen molar-refractivity contribution in [1.29, 1.82) is 0 Å². The lowest BCUT2D eigenvalue weighted by Gasteiger charge is -2.21. The van der Waals surface area contributed by atoms with Crippen LogP contribution < -0.4 is 10.1 Å². The summed E-state index contributed by atoms with van der Waals surface area (Å²) in [6.45, 7) is 1.97. The Morgan fingerprint density at radius 2 is 1.83 bits per heavy atom. The number of hydrogen-bond donors (Lipinski definition) is 1. The third-order valence-electron chi connectivity index (χ3n) is 4.82.